The Balaban J connectivity index is 3.37. The fourth-order valence-electron chi connectivity index (χ4n) is 0.496. The monoisotopic (exact) mass is 143 g/mol. The summed E-state index contributed by atoms with van der Waals surface area (Å²) in [6.07, 6.45) is 3.22. The summed E-state index contributed by atoms with van der Waals surface area (Å²) in [5, 5.41) is 0. The molecule has 0 saturated heterocycles. The van der Waals surface area contributed by atoms with Crippen molar-refractivity contribution in [2.24, 2.45) is 0 Å². The number of hydrogen-bond acceptors (Lipinski definition) is 2. The van der Waals surface area contributed by atoms with Crippen LogP contribution in [0.5, 0.6) is 0 Å². The van der Waals surface area contributed by atoms with Crippen LogP contribution < -0.4 is 0 Å². The molecule has 1 atom stereocenters. The van der Waals surface area contributed by atoms with Crippen molar-refractivity contribution in [3.8, 4) is 0 Å². The van der Waals surface area contributed by atoms with Gasteiger partial charge in [0.2, 0.25) is 0 Å². The van der Waals surface area contributed by atoms with Crippen LogP contribution in [0.1, 0.15) is 33.6 Å². The molecule has 0 heterocycles. The van der Waals surface area contributed by atoms with Crippen molar-refractivity contribution >= 4 is 5.97 Å². The van der Waals surface area contributed by atoms with Gasteiger partial charge in [0.15, 0.2) is 0 Å². The molecule has 2 heteroatoms. The van der Waals surface area contributed by atoms with Crippen LogP contribution >= 0.6 is 0 Å². The lowest BCUT2D eigenvalue weighted by atomic mass is 10.3. The van der Waals surface area contributed by atoms with Gasteiger partial charge in [-0.3, -0.25) is 4.79 Å². The standard InChI is InChI=1S/C8H15O2/c1-4-6-8(9)10-7(3)5-2/h6-7H,4-5H2,1-3H3. The summed E-state index contributed by atoms with van der Waals surface area (Å²) in [7, 11) is 0. The topological polar surface area (TPSA) is 26.3 Å². The SMILES string of the molecule is CC[CH]C(=O)OC(C)CC. The molecule has 0 fully saturated rings. The van der Waals surface area contributed by atoms with E-state index in [2.05, 4.69) is 0 Å². The summed E-state index contributed by atoms with van der Waals surface area (Å²) < 4.78 is 4.95. The number of esters is 1. The average molecular weight is 143 g/mol. The summed E-state index contributed by atoms with van der Waals surface area (Å²) in [5.41, 5.74) is 0. The van der Waals surface area contributed by atoms with E-state index in [9.17, 15) is 4.79 Å². The Bertz CT molecular complexity index is 99.4. The van der Waals surface area contributed by atoms with Crippen molar-refractivity contribution in [2.45, 2.75) is 39.7 Å². The smallest absolute Gasteiger partial charge is 0.310 e. The van der Waals surface area contributed by atoms with Crippen LogP contribution in [0, 0.1) is 6.42 Å². The first-order valence-corrected chi connectivity index (χ1v) is 3.74. The van der Waals surface area contributed by atoms with Crippen LogP contribution in [0.2, 0.25) is 0 Å². The Morgan fingerprint density at radius 3 is 2.60 bits per heavy atom. The van der Waals surface area contributed by atoms with Crippen molar-refractivity contribution in [1.29, 1.82) is 0 Å². The summed E-state index contributed by atoms with van der Waals surface area (Å²) in [4.78, 5) is 10.7. The molecule has 2 nitrogen and oxygen atoms in total. The lowest BCUT2D eigenvalue weighted by Crippen LogP contribution is -2.13. The third-order valence-electron chi connectivity index (χ3n) is 1.26. The molecular weight excluding hydrogens is 128 g/mol. The van der Waals surface area contributed by atoms with Crippen molar-refractivity contribution in [3.05, 3.63) is 6.42 Å². The highest BCUT2D eigenvalue weighted by molar-refractivity contribution is 5.78. The maximum atomic E-state index is 10.7. The van der Waals surface area contributed by atoms with Gasteiger partial charge in [-0.1, -0.05) is 13.8 Å². The number of carbonyl (C=O) groups excluding carboxylic acids is 1. The Morgan fingerprint density at radius 2 is 2.20 bits per heavy atom. The van der Waals surface area contributed by atoms with Crippen molar-refractivity contribution < 1.29 is 9.53 Å². The predicted octanol–water partition coefficient (Wildman–Crippen LogP) is 1.94. The molecule has 0 amide bonds. The van der Waals surface area contributed by atoms with Gasteiger partial charge in [-0.15, -0.1) is 0 Å². The molecule has 0 aliphatic rings. The third kappa shape index (κ3) is 4.36. The lowest BCUT2D eigenvalue weighted by molar-refractivity contribution is -0.144. The van der Waals surface area contributed by atoms with Gasteiger partial charge in [0.1, 0.15) is 0 Å². The van der Waals surface area contributed by atoms with E-state index < -0.39 is 0 Å². The minimum atomic E-state index is -0.197. The Morgan fingerprint density at radius 1 is 1.60 bits per heavy atom. The number of rotatable bonds is 4. The summed E-state index contributed by atoms with van der Waals surface area (Å²) in [6.45, 7) is 5.79. The zero-order chi connectivity index (χ0) is 7.98. The maximum Gasteiger partial charge on any atom is 0.310 e. The Hall–Kier alpha value is -0.530. The van der Waals surface area contributed by atoms with E-state index in [1.165, 1.54) is 0 Å². The summed E-state index contributed by atoms with van der Waals surface area (Å²) in [6, 6.07) is 0. The molecule has 59 valence electrons. The third-order valence-corrected chi connectivity index (χ3v) is 1.26. The highest BCUT2D eigenvalue weighted by atomic mass is 16.5. The number of carbonyl (C=O) groups is 1. The predicted molar refractivity (Wildman–Crippen MR) is 40.4 cm³/mol. The first kappa shape index (κ1) is 9.47. The van der Waals surface area contributed by atoms with Crippen molar-refractivity contribution in [1.82, 2.24) is 0 Å². The fourth-order valence-corrected chi connectivity index (χ4v) is 0.496. The second-order valence-electron chi connectivity index (χ2n) is 2.27. The molecule has 0 aromatic rings. The molecule has 1 unspecified atom stereocenters. The molecule has 0 aliphatic heterocycles. The molecular formula is C8H15O2. The first-order valence-electron chi connectivity index (χ1n) is 3.74. The molecule has 0 spiro atoms. The van der Waals surface area contributed by atoms with Crippen LogP contribution in [0.25, 0.3) is 0 Å². The molecule has 0 bridgehead atoms. The van der Waals surface area contributed by atoms with Crippen LogP contribution in [-0.4, -0.2) is 12.1 Å². The minimum Gasteiger partial charge on any atom is -0.462 e. The van der Waals surface area contributed by atoms with Crippen LogP contribution in [0.15, 0.2) is 0 Å². The molecule has 1 radical (unpaired) electrons. The van der Waals surface area contributed by atoms with Gasteiger partial charge in [0.05, 0.1) is 12.5 Å². The van der Waals surface area contributed by atoms with Gasteiger partial charge in [-0.25, -0.2) is 0 Å². The normalized spacial score (nSPS) is 12.7. The summed E-state index contributed by atoms with van der Waals surface area (Å²) in [5.74, 6) is -0.197. The van der Waals surface area contributed by atoms with Gasteiger partial charge in [0, 0.05) is 0 Å². The van der Waals surface area contributed by atoms with E-state index in [1.807, 2.05) is 20.8 Å². The van der Waals surface area contributed by atoms with Crippen LogP contribution in [-0.2, 0) is 9.53 Å². The molecule has 0 aromatic carbocycles. The second-order valence-corrected chi connectivity index (χ2v) is 2.27. The molecule has 0 saturated carbocycles. The van der Waals surface area contributed by atoms with E-state index in [0.717, 1.165) is 12.8 Å². The highest BCUT2D eigenvalue weighted by Crippen LogP contribution is 1.98. The van der Waals surface area contributed by atoms with E-state index in [-0.39, 0.29) is 12.1 Å². The molecule has 0 aliphatic carbocycles. The first-order chi connectivity index (χ1) is 4.70. The quantitative estimate of drug-likeness (QED) is 0.562. The van der Waals surface area contributed by atoms with Gasteiger partial charge in [0.25, 0.3) is 0 Å². The van der Waals surface area contributed by atoms with E-state index in [4.69, 9.17) is 4.74 Å². The molecule has 10 heavy (non-hydrogen) atoms. The number of ether oxygens (including phenoxy) is 1. The van der Waals surface area contributed by atoms with E-state index >= 15 is 0 Å². The fraction of sp³-hybridized carbons (Fsp3) is 0.750. The van der Waals surface area contributed by atoms with Gasteiger partial charge in [-0.2, -0.15) is 0 Å². The minimum absolute atomic E-state index is 0.0512. The van der Waals surface area contributed by atoms with Crippen molar-refractivity contribution in [2.75, 3.05) is 0 Å². The van der Waals surface area contributed by atoms with Crippen molar-refractivity contribution in [3.63, 3.8) is 0 Å². The lowest BCUT2D eigenvalue weighted by Gasteiger charge is -2.09. The zero-order valence-corrected chi connectivity index (χ0v) is 6.89. The maximum absolute atomic E-state index is 10.7. The molecule has 0 aromatic heterocycles. The van der Waals surface area contributed by atoms with E-state index in [1.54, 1.807) is 6.42 Å². The van der Waals surface area contributed by atoms with Gasteiger partial charge < -0.3 is 4.74 Å². The highest BCUT2D eigenvalue weighted by Gasteiger charge is 2.05. The summed E-state index contributed by atoms with van der Waals surface area (Å²) >= 11 is 0. The van der Waals surface area contributed by atoms with Gasteiger partial charge in [-0.05, 0) is 19.8 Å². The van der Waals surface area contributed by atoms with Gasteiger partial charge >= 0.3 is 5.97 Å². The largest absolute Gasteiger partial charge is 0.462 e. The zero-order valence-electron chi connectivity index (χ0n) is 6.89. The molecule has 0 N–H and O–H groups in total. The Labute approximate surface area is 62.6 Å². The van der Waals surface area contributed by atoms with E-state index in [0.29, 0.717) is 0 Å². The Kier molecular flexibility index (Phi) is 4.99. The van der Waals surface area contributed by atoms with Crippen LogP contribution in [0.3, 0.4) is 0 Å². The number of hydrogen-bond donors (Lipinski definition) is 0. The van der Waals surface area contributed by atoms with Crippen LogP contribution in [0.4, 0.5) is 0 Å². The molecule has 0 rings (SSSR count). The second kappa shape index (κ2) is 5.27. The average Bonchev–Trinajstić information content (AvgIpc) is 1.88.